The topological polar surface area (TPSA) is 77.3 Å². The molecule has 0 radical (unpaired) electrons. The molecule has 1 rings (SSSR count). The summed E-state index contributed by atoms with van der Waals surface area (Å²) in [6, 6.07) is 0. The maximum absolute atomic E-state index is 10.9. The Morgan fingerprint density at radius 3 is 2.43 bits per heavy atom. The Hall–Kier alpha value is -1.21. The maximum Gasteiger partial charge on any atom is 0.238 e. The third-order valence-corrected chi connectivity index (χ3v) is 2.33. The van der Waals surface area contributed by atoms with Crippen LogP contribution >= 0.6 is 0 Å². The predicted octanol–water partition coefficient (Wildman–Crippen LogP) is -0.513. The number of methoxy groups -OCH3 is 2. The average Bonchev–Trinajstić information content (AvgIpc) is 2.15. The number of hydrogen-bond donors (Lipinski definition) is 0. The summed E-state index contributed by atoms with van der Waals surface area (Å²) in [4.78, 5) is 7.65. The highest BCUT2D eigenvalue weighted by Crippen LogP contribution is 2.06. The van der Waals surface area contributed by atoms with Gasteiger partial charge >= 0.3 is 0 Å². The van der Waals surface area contributed by atoms with Crippen molar-refractivity contribution in [3.63, 3.8) is 0 Å². The van der Waals surface area contributed by atoms with Crippen LogP contribution in [0.5, 0.6) is 0 Å². The van der Waals surface area contributed by atoms with Gasteiger partial charge < -0.3 is 9.47 Å². The zero-order valence-electron chi connectivity index (χ0n) is 8.01. The number of ether oxygens (including phenoxy) is 2. The third-order valence-electron chi connectivity index (χ3n) is 1.60. The van der Waals surface area contributed by atoms with Crippen LogP contribution in [-0.4, -0.2) is 45.5 Å². The average molecular weight is 218 g/mol. The van der Waals surface area contributed by atoms with Gasteiger partial charge in [0.15, 0.2) is 11.1 Å². The quantitative estimate of drug-likeness (QED) is 0.555. The molecule has 0 amide bonds. The zero-order valence-corrected chi connectivity index (χ0v) is 8.83. The van der Waals surface area contributed by atoms with E-state index in [2.05, 4.69) is 9.98 Å². The molecule has 1 atom stereocenters. The minimum Gasteiger partial charge on any atom is -0.480 e. The van der Waals surface area contributed by atoms with Gasteiger partial charge in [-0.2, -0.15) is 13.4 Å². The molecule has 0 bridgehead atoms. The van der Waals surface area contributed by atoms with E-state index in [9.17, 15) is 8.42 Å². The minimum atomic E-state index is -2.45. The van der Waals surface area contributed by atoms with Crippen molar-refractivity contribution in [2.45, 2.75) is 13.2 Å². The first kappa shape index (κ1) is 10.9. The number of aliphatic imine (C=N–C) groups is 2. The first-order valence-corrected chi connectivity index (χ1v) is 4.84. The van der Waals surface area contributed by atoms with Gasteiger partial charge in [0.2, 0.25) is 16.2 Å². The van der Waals surface area contributed by atoms with Gasteiger partial charge in [0, 0.05) is 7.11 Å². The lowest BCUT2D eigenvalue weighted by Gasteiger charge is -2.16. The van der Waals surface area contributed by atoms with Crippen molar-refractivity contribution >= 4 is 26.9 Å². The second-order valence-electron chi connectivity index (χ2n) is 2.48. The van der Waals surface area contributed by atoms with Crippen molar-refractivity contribution in [1.82, 2.24) is 0 Å². The molecule has 0 aromatic rings. The summed E-state index contributed by atoms with van der Waals surface area (Å²) in [5.41, 5.74) is 0. The molecule has 1 heterocycles. The zero-order chi connectivity index (χ0) is 10.7. The molecule has 0 saturated heterocycles. The summed E-state index contributed by atoms with van der Waals surface area (Å²) in [5, 5.41) is 0. The van der Waals surface area contributed by atoms with Gasteiger partial charge in [0.25, 0.3) is 0 Å². The van der Waals surface area contributed by atoms with Crippen LogP contribution in [0.4, 0.5) is 0 Å². The fourth-order valence-electron chi connectivity index (χ4n) is 1.02. The fourth-order valence-corrected chi connectivity index (χ4v) is 1.61. The molecule has 1 aliphatic heterocycles. The van der Waals surface area contributed by atoms with Crippen molar-refractivity contribution < 1.29 is 17.9 Å². The van der Waals surface area contributed by atoms with Crippen LogP contribution in [-0.2, 0) is 19.8 Å². The smallest absolute Gasteiger partial charge is 0.238 e. The van der Waals surface area contributed by atoms with Crippen LogP contribution in [0.3, 0.4) is 0 Å². The minimum absolute atomic E-state index is 0.0256. The molecular formula is C7H10N2O4S. The van der Waals surface area contributed by atoms with Crippen molar-refractivity contribution in [2.24, 2.45) is 9.98 Å². The van der Waals surface area contributed by atoms with Gasteiger partial charge in [-0.15, -0.1) is 0 Å². The van der Waals surface area contributed by atoms with Gasteiger partial charge in [-0.1, -0.05) is 0 Å². The Balaban J connectivity index is 3.29. The van der Waals surface area contributed by atoms with E-state index in [4.69, 9.17) is 9.47 Å². The van der Waals surface area contributed by atoms with E-state index >= 15 is 0 Å². The highest BCUT2D eigenvalue weighted by atomic mass is 32.2. The molecule has 0 aliphatic carbocycles. The van der Waals surface area contributed by atoms with Crippen LogP contribution in [0.2, 0.25) is 0 Å². The molecule has 0 unspecified atom stereocenters. The van der Waals surface area contributed by atoms with Crippen LogP contribution in [0.25, 0.3) is 0 Å². The van der Waals surface area contributed by atoms with Crippen LogP contribution in [0, 0.1) is 0 Å². The highest BCUT2D eigenvalue weighted by molar-refractivity contribution is 7.75. The first-order valence-electron chi connectivity index (χ1n) is 3.76. The number of rotatable bonds is 1. The summed E-state index contributed by atoms with van der Waals surface area (Å²) in [6.45, 7) is 1.63. The Labute approximate surface area is 82.8 Å². The summed E-state index contributed by atoms with van der Waals surface area (Å²) >= 11 is 0. The number of nitrogens with zero attached hydrogens (tertiary/aromatic N) is 2. The molecule has 78 valence electrons. The van der Waals surface area contributed by atoms with Gasteiger partial charge in [-0.25, -0.2) is 4.99 Å². The SMILES string of the molecule is COC1=NC(C)=N[C@H](OC)C1=S(=O)=O. The molecule has 0 saturated carbocycles. The predicted molar refractivity (Wildman–Crippen MR) is 52.3 cm³/mol. The van der Waals surface area contributed by atoms with E-state index in [-0.39, 0.29) is 10.8 Å². The van der Waals surface area contributed by atoms with Gasteiger partial charge in [-0.3, -0.25) is 0 Å². The second kappa shape index (κ2) is 4.34. The normalized spacial score (nSPS) is 21.4. The third kappa shape index (κ3) is 1.99. The van der Waals surface area contributed by atoms with E-state index in [1.807, 2.05) is 0 Å². The van der Waals surface area contributed by atoms with Crippen LogP contribution < -0.4 is 0 Å². The Bertz CT molecular complexity index is 413. The summed E-state index contributed by atoms with van der Waals surface area (Å²) < 4.78 is 31.4. The fraction of sp³-hybridized carbons (Fsp3) is 0.571. The molecule has 0 aromatic heterocycles. The lowest BCUT2D eigenvalue weighted by Crippen LogP contribution is -2.35. The molecule has 0 N–H and O–H groups in total. The monoisotopic (exact) mass is 218 g/mol. The van der Waals surface area contributed by atoms with Crippen molar-refractivity contribution in [3.05, 3.63) is 0 Å². The van der Waals surface area contributed by atoms with E-state index in [1.54, 1.807) is 6.92 Å². The molecule has 0 spiro atoms. The Kier molecular flexibility index (Phi) is 3.37. The highest BCUT2D eigenvalue weighted by Gasteiger charge is 2.27. The molecular weight excluding hydrogens is 208 g/mol. The maximum atomic E-state index is 10.9. The van der Waals surface area contributed by atoms with E-state index in [0.717, 1.165) is 0 Å². The van der Waals surface area contributed by atoms with E-state index in [1.165, 1.54) is 14.2 Å². The second-order valence-corrected chi connectivity index (χ2v) is 3.39. The lowest BCUT2D eigenvalue weighted by molar-refractivity contribution is 0.164. The summed E-state index contributed by atoms with van der Waals surface area (Å²) in [6.07, 6.45) is -0.860. The Morgan fingerprint density at radius 1 is 1.36 bits per heavy atom. The van der Waals surface area contributed by atoms with Crippen LogP contribution in [0.1, 0.15) is 6.92 Å². The number of amidine groups is 1. The molecule has 0 aromatic carbocycles. The Morgan fingerprint density at radius 2 is 2.00 bits per heavy atom. The molecule has 14 heavy (non-hydrogen) atoms. The largest absolute Gasteiger partial charge is 0.480 e. The number of hydrogen-bond acceptors (Lipinski definition) is 6. The van der Waals surface area contributed by atoms with Crippen molar-refractivity contribution in [3.8, 4) is 0 Å². The van der Waals surface area contributed by atoms with Crippen molar-refractivity contribution in [2.75, 3.05) is 14.2 Å². The summed E-state index contributed by atoms with van der Waals surface area (Å²) in [5.74, 6) is 0.445. The summed E-state index contributed by atoms with van der Waals surface area (Å²) in [7, 11) is 0.264. The molecule has 7 heteroatoms. The van der Waals surface area contributed by atoms with Gasteiger partial charge in [0.1, 0.15) is 5.84 Å². The lowest BCUT2D eigenvalue weighted by atomic mass is 10.3. The standard InChI is InChI=1S/C7H10N2O4S/c1-4-8-6(12-2)5(14(10)11)7(9-4)13-3/h6H,1-3H3/t6-/m1/s1. The van der Waals surface area contributed by atoms with Gasteiger partial charge in [-0.05, 0) is 6.92 Å². The van der Waals surface area contributed by atoms with E-state index in [0.29, 0.717) is 5.84 Å². The van der Waals surface area contributed by atoms with Crippen LogP contribution in [0.15, 0.2) is 9.98 Å². The first-order chi connectivity index (χ1) is 6.60. The van der Waals surface area contributed by atoms with Crippen molar-refractivity contribution in [1.29, 1.82) is 0 Å². The molecule has 1 aliphatic rings. The molecule has 0 fully saturated rings. The molecule has 6 nitrogen and oxygen atoms in total. The van der Waals surface area contributed by atoms with Gasteiger partial charge in [0.05, 0.1) is 7.11 Å². The van der Waals surface area contributed by atoms with E-state index < -0.39 is 16.5 Å².